The van der Waals surface area contributed by atoms with Crippen LogP contribution in [0.25, 0.3) is 0 Å². The SMILES string of the molecule is CCCCCCCCC[C@H](CC)C(=O)Cl. The zero-order chi connectivity index (χ0) is 11.5. The van der Waals surface area contributed by atoms with Gasteiger partial charge in [-0.25, -0.2) is 0 Å². The van der Waals surface area contributed by atoms with Crippen molar-refractivity contribution < 1.29 is 4.79 Å². The summed E-state index contributed by atoms with van der Waals surface area (Å²) in [6, 6.07) is 0. The van der Waals surface area contributed by atoms with Crippen LogP contribution >= 0.6 is 11.6 Å². The van der Waals surface area contributed by atoms with Crippen LogP contribution in [0, 0.1) is 5.92 Å². The average Bonchev–Trinajstić information content (AvgIpc) is 2.21. The first-order valence-electron chi connectivity index (χ1n) is 6.41. The Kier molecular flexibility index (Phi) is 10.4. The van der Waals surface area contributed by atoms with Gasteiger partial charge in [-0.1, -0.05) is 58.8 Å². The van der Waals surface area contributed by atoms with E-state index >= 15 is 0 Å². The van der Waals surface area contributed by atoms with E-state index in [1.807, 2.05) is 6.92 Å². The van der Waals surface area contributed by atoms with Crippen LogP contribution in [0.2, 0.25) is 0 Å². The predicted octanol–water partition coefficient (Wildman–Crippen LogP) is 4.92. The highest BCUT2D eigenvalue weighted by Crippen LogP contribution is 2.17. The van der Waals surface area contributed by atoms with Crippen LogP contribution in [-0.2, 0) is 4.79 Å². The fourth-order valence-corrected chi connectivity index (χ4v) is 2.09. The summed E-state index contributed by atoms with van der Waals surface area (Å²) < 4.78 is 0. The van der Waals surface area contributed by atoms with Gasteiger partial charge in [-0.3, -0.25) is 4.79 Å². The summed E-state index contributed by atoms with van der Waals surface area (Å²) in [4.78, 5) is 10.9. The maximum absolute atomic E-state index is 10.9. The molecule has 0 rings (SSSR count). The molecule has 0 saturated carbocycles. The summed E-state index contributed by atoms with van der Waals surface area (Å²) in [6.45, 7) is 4.27. The van der Waals surface area contributed by atoms with Crippen molar-refractivity contribution in [1.82, 2.24) is 0 Å². The van der Waals surface area contributed by atoms with Crippen molar-refractivity contribution in [3.8, 4) is 0 Å². The summed E-state index contributed by atoms with van der Waals surface area (Å²) in [7, 11) is 0. The van der Waals surface area contributed by atoms with Gasteiger partial charge >= 0.3 is 0 Å². The highest BCUT2D eigenvalue weighted by molar-refractivity contribution is 6.63. The highest BCUT2D eigenvalue weighted by atomic mass is 35.5. The number of carbonyl (C=O) groups is 1. The van der Waals surface area contributed by atoms with Crippen LogP contribution in [0.5, 0.6) is 0 Å². The summed E-state index contributed by atoms with van der Waals surface area (Å²) in [6.07, 6.45) is 11.0. The molecule has 90 valence electrons. The van der Waals surface area contributed by atoms with Crippen molar-refractivity contribution in [2.45, 2.75) is 71.6 Å². The lowest BCUT2D eigenvalue weighted by molar-refractivity contribution is -0.115. The van der Waals surface area contributed by atoms with Crippen LogP contribution < -0.4 is 0 Å². The number of unbranched alkanes of at least 4 members (excludes halogenated alkanes) is 6. The van der Waals surface area contributed by atoms with E-state index in [2.05, 4.69) is 6.92 Å². The lowest BCUT2D eigenvalue weighted by atomic mass is 9.99. The van der Waals surface area contributed by atoms with Crippen LogP contribution in [-0.4, -0.2) is 5.24 Å². The van der Waals surface area contributed by atoms with Gasteiger partial charge < -0.3 is 0 Å². The Bertz CT molecular complexity index is 157. The molecule has 0 amide bonds. The Morgan fingerprint density at radius 2 is 1.53 bits per heavy atom. The Morgan fingerprint density at radius 3 is 2.00 bits per heavy atom. The first-order valence-corrected chi connectivity index (χ1v) is 6.79. The number of rotatable bonds is 10. The van der Waals surface area contributed by atoms with Gasteiger partial charge in [-0.2, -0.15) is 0 Å². The van der Waals surface area contributed by atoms with E-state index in [1.165, 1.54) is 38.5 Å². The molecule has 2 heteroatoms. The molecule has 0 fully saturated rings. The van der Waals surface area contributed by atoms with Gasteiger partial charge in [0.2, 0.25) is 5.24 Å². The van der Waals surface area contributed by atoms with Crippen molar-refractivity contribution in [2.75, 3.05) is 0 Å². The summed E-state index contributed by atoms with van der Waals surface area (Å²) >= 11 is 5.49. The first kappa shape index (κ1) is 15.0. The van der Waals surface area contributed by atoms with Crippen molar-refractivity contribution in [1.29, 1.82) is 0 Å². The lowest BCUT2D eigenvalue weighted by Crippen LogP contribution is -2.06. The standard InChI is InChI=1S/C13H25ClO/c1-3-5-6-7-8-9-10-11-12(4-2)13(14)15/h12H,3-11H2,1-2H3/t12-/m0/s1. The second kappa shape index (κ2) is 10.5. The molecule has 1 atom stereocenters. The largest absolute Gasteiger partial charge is 0.281 e. The monoisotopic (exact) mass is 232 g/mol. The van der Waals surface area contributed by atoms with Crippen molar-refractivity contribution >= 4 is 16.8 Å². The van der Waals surface area contributed by atoms with Crippen LogP contribution in [0.1, 0.15) is 71.6 Å². The van der Waals surface area contributed by atoms with Crippen molar-refractivity contribution in [3.63, 3.8) is 0 Å². The molecule has 1 nitrogen and oxygen atoms in total. The molecule has 0 unspecified atom stereocenters. The Morgan fingerprint density at radius 1 is 1.00 bits per heavy atom. The fraction of sp³-hybridized carbons (Fsp3) is 0.923. The second-order valence-electron chi connectivity index (χ2n) is 4.32. The minimum Gasteiger partial charge on any atom is -0.281 e. The quantitative estimate of drug-likeness (QED) is 0.386. The highest BCUT2D eigenvalue weighted by Gasteiger charge is 2.12. The molecule has 0 radical (unpaired) electrons. The van der Waals surface area contributed by atoms with Crippen molar-refractivity contribution in [3.05, 3.63) is 0 Å². The smallest absolute Gasteiger partial charge is 0.224 e. The number of halogens is 1. The molecule has 0 N–H and O–H groups in total. The summed E-state index contributed by atoms with van der Waals surface area (Å²) in [5.41, 5.74) is 0. The zero-order valence-electron chi connectivity index (χ0n) is 10.2. The molecule has 0 bridgehead atoms. The Labute approximate surface area is 99.6 Å². The van der Waals surface area contributed by atoms with Crippen LogP contribution in [0.3, 0.4) is 0 Å². The molecule has 0 aliphatic rings. The van der Waals surface area contributed by atoms with Gasteiger partial charge in [0.05, 0.1) is 0 Å². The Hall–Kier alpha value is -0.0400. The molecule has 0 saturated heterocycles. The average molecular weight is 233 g/mol. The van der Waals surface area contributed by atoms with E-state index in [1.54, 1.807) is 0 Å². The van der Waals surface area contributed by atoms with Gasteiger partial charge in [-0.05, 0) is 24.4 Å². The molecular formula is C13H25ClO. The molecule has 0 aromatic carbocycles. The first-order chi connectivity index (χ1) is 7.22. The van der Waals surface area contributed by atoms with Gasteiger partial charge in [0.1, 0.15) is 0 Å². The predicted molar refractivity (Wildman–Crippen MR) is 67.3 cm³/mol. The normalized spacial score (nSPS) is 12.7. The molecule has 0 aliphatic carbocycles. The van der Waals surface area contributed by atoms with Crippen LogP contribution in [0.4, 0.5) is 0 Å². The third kappa shape index (κ3) is 8.92. The second-order valence-corrected chi connectivity index (χ2v) is 4.69. The van der Waals surface area contributed by atoms with Gasteiger partial charge in [-0.15, -0.1) is 0 Å². The van der Waals surface area contributed by atoms with E-state index in [-0.39, 0.29) is 11.2 Å². The van der Waals surface area contributed by atoms with E-state index < -0.39 is 0 Å². The van der Waals surface area contributed by atoms with Gasteiger partial charge in [0.15, 0.2) is 0 Å². The van der Waals surface area contributed by atoms with Gasteiger partial charge in [0, 0.05) is 5.92 Å². The van der Waals surface area contributed by atoms with E-state index in [0.29, 0.717) is 0 Å². The maximum atomic E-state index is 10.9. The fourth-order valence-electron chi connectivity index (χ4n) is 1.83. The minimum absolute atomic E-state index is 0.0994. The number of hydrogen-bond acceptors (Lipinski definition) is 1. The molecule has 0 heterocycles. The van der Waals surface area contributed by atoms with Gasteiger partial charge in [0.25, 0.3) is 0 Å². The number of carbonyl (C=O) groups excluding carboxylic acids is 1. The van der Waals surface area contributed by atoms with E-state index in [9.17, 15) is 4.79 Å². The molecule has 0 aliphatic heterocycles. The van der Waals surface area contributed by atoms with Crippen LogP contribution in [0.15, 0.2) is 0 Å². The minimum atomic E-state index is -0.150. The van der Waals surface area contributed by atoms with E-state index in [0.717, 1.165) is 19.3 Å². The van der Waals surface area contributed by atoms with E-state index in [4.69, 9.17) is 11.6 Å². The zero-order valence-corrected chi connectivity index (χ0v) is 11.0. The molecule has 0 aromatic heterocycles. The topological polar surface area (TPSA) is 17.1 Å². The molecule has 15 heavy (non-hydrogen) atoms. The molecule has 0 aromatic rings. The Balaban J connectivity index is 3.25. The summed E-state index contributed by atoms with van der Waals surface area (Å²) in [5, 5.41) is -0.150. The molecular weight excluding hydrogens is 208 g/mol. The van der Waals surface area contributed by atoms with Crippen molar-refractivity contribution in [2.24, 2.45) is 5.92 Å². The maximum Gasteiger partial charge on any atom is 0.224 e. The third-order valence-electron chi connectivity index (χ3n) is 2.97. The lowest BCUT2D eigenvalue weighted by Gasteiger charge is -2.08. The summed E-state index contributed by atoms with van der Waals surface area (Å²) in [5.74, 6) is 0.0994. The third-order valence-corrected chi connectivity index (χ3v) is 3.28. The molecule has 0 spiro atoms. The number of hydrogen-bond donors (Lipinski definition) is 0.